The number of anilines is 1. The summed E-state index contributed by atoms with van der Waals surface area (Å²) in [6, 6.07) is 7.82. The third kappa shape index (κ3) is 2.34. The largest absolute Gasteiger partial charge is 0.454 e. The van der Waals surface area contributed by atoms with Gasteiger partial charge in [0.1, 0.15) is 28.7 Å². The van der Waals surface area contributed by atoms with Gasteiger partial charge in [-0.05, 0) is 30.7 Å². The van der Waals surface area contributed by atoms with Crippen molar-refractivity contribution in [2.75, 3.05) is 5.73 Å². The predicted octanol–water partition coefficient (Wildman–Crippen LogP) is 3.56. The van der Waals surface area contributed by atoms with E-state index in [-0.39, 0.29) is 5.82 Å². The molecule has 0 aliphatic carbocycles. The van der Waals surface area contributed by atoms with Crippen LogP contribution in [0.1, 0.15) is 19.2 Å². The number of hydrogen-bond acceptors (Lipinski definition) is 4. The smallest absolute Gasteiger partial charge is 0.154 e. The lowest BCUT2D eigenvalue weighted by Gasteiger charge is -2.02. The third-order valence-corrected chi connectivity index (χ3v) is 3.00. The Kier molecular flexibility index (Phi) is 3.10. The summed E-state index contributed by atoms with van der Waals surface area (Å²) in [4.78, 5) is 8.61. The van der Waals surface area contributed by atoms with Crippen LogP contribution in [0.2, 0.25) is 0 Å². The summed E-state index contributed by atoms with van der Waals surface area (Å²) in [6.45, 7) is 2.05. The second kappa shape index (κ2) is 4.92. The highest BCUT2D eigenvalue weighted by Gasteiger charge is 2.10. The Balaban J connectivity index is 2.10. The molecule has 0 saturated heterocycles. The van der Waals surface area contributed by atoms with Crippen molar-refractivity contribution < 1.29 is 8.81 Å². The van der Waals surface area contributed by atoms with Crippen LogP contribution in [0.4, 0.5) is 10.2 Å². The van der Waals surface area contributed by atoms with E-state index < -0.39 is 0 Å². The maximum Gasteiger partial charge on any atom is 0.154 e. The van der Waals surface area contributed by atoms with E-state index in [1.54, 1.807) is 18.2 Å². The van der Waals surface area contributed by atoms with Crippen molar-refractivity contribution in [3.05, 3.63) is 42.0 Å². The number of aryl methyl sites for hydroxylation is 1. The second-order valence-electron chi connectivity index (χ2n) is 4.64. The molecule has 5 heteroatoms. The van der Waals surface area contributed by atoms with E-state index in [1.807, 2.05) is 0 Å². The van der Waals surface area contributed by atoms with Crippen molar-refractivity contribution in [3.63, 3.8) is 0 Å². The van der Waals surface area contributed by atoms with Crippen molar-refractivity contribution in [2.45, 2.75) is 19.8 Å². The normalized spacial score (nSPS) is 11.1. The predicted molar refractivity (Wildman–Crippen MR) is 75.6 cm³/mol. The Morgan fingerprint density at radius 2 is 2.05 bits per heavy atom. The van der Waals surface area contributed by atoms with Crippen LogP contribution >= 0.6 is 0 Å². The number of furan rings is 1. The maximum atomic E-state index is 13.2. The number of aromatic nitrogens is 2. The topological polar surface area (TPSA) is 64.9 Å². The summed E-state index contributed by atoms with van der Waals surface area (Å²) in [6.07, 6.45) is 1.70. The first-order valence-corrected chi connectivity index (χ1v) is 6.48. The molecule has 4 nitrogen and oxygen atoms in total. The molecular formula is C15H14FN3O. The molecule has 0 radical (unpaired) electrons. The van der Waals surface area contributed by atoms with Crippen molar-refractivity contribution in [1.82, 2.24) is 9.97 Å². The lowest BCUT2D eigenvalue weighted by molar-refractivity contribution is 0.617. The zero-order valence-electron chi connectivity index (χ0n) is 11.1. The average molecular weight is 271 g/mol. The summed E-state index contributed by atoms with van der Waals surface area (Å²) >= 11 is 0. The second-order valence-corrected chi connectivity index (χ2v) is 4.64. The van der Waals surface area contributed by atoms with Gasteiger partial charge in [-0.2, -0.15) is 0 Å². The van der Waals surface area contributed by atoms with E-state index in [0.717, 1.165) is 12.8 Å². The van der Waals surface area contributed by atoms with Crippen molar-refractivity contribution >= 4 is 16.8 Å². The van der Waals surface area contributed by atoms with Crippen molar-refractivity contribution in [2.24, 2.45) is 0 Å². The minimum absolute atomic E-state index is 0.293. The molecule has 0 unspecified atom stereocenters. The first kappa shape index (κ1) is 12.6. The van der Waals surface area contributed by atoms with Crippen LogP contribution in [-0.2, 0) is 6.42 Å². The molecule has 0 saturated carbocycles. The first-order chi connectivity index (χ1) is 9.65. The van der Waals surface area contributed by atoms with Crippen LogP contribution in [0.15, 0.2) is 34.7 Å². The fourth-order valence-corrected chi connectivity index (χ4v) is 2.12. The monoisotopic (exact) mass is 271 g/mol. The number of nitrogens with two attached hydrogens (primary N) is 1. The molecule has 2 N–H and O–H groups in total. The van der Waals surface area contributed by atoms with Gasteiger partial charge in [0.25, 0.3) is 0 Å². The Morgan fingerprint density at radius 3 is 2.85 bits per heavy atom. The molecule has 3 rings (SSSR count). The van der Waals surface area contributed by atoms with Crippen LogP contribution in [0.25, 0.3) is 22.4 Å². The van der Waals surface area contributed by atoms with Crippen molar-refractivity contribution in [3.8, 4) is 11.5 Å². The Bertz CT molecular complexity index is 767. The van der Waals surface area contributed by atoms with Crippen LogP contribution in [0.5, 0.6) is 0 Å². The van der Waals surface area contributed by atoms with Gasteiger partial charge in [-0.3, -0.25) is 0 Å². The number of rotatable bonds is 3. The molecule has 2 heterocycles. The highest BCUT2D eigenvalue weighted by atomic mass is 19.1. The summed E-state index contributed by atoms with van der Waals surface area (Å²) < 4.78 is 18.9. The number of fused-ring (bicyclic) bond motifs is 1. The highest BCUT2D eigenvalue weighted by Crippen LogP contribution is 2.28. The van der Waals surface area contributed by atoms with E-state index in [0.29, 0.717) is 34.1 Å². The molecule has 2 aromatic heterocycles. The molecule has 3 aromatic rings. The Morgan fingerprint density at radius 1 is 1.20 bits per heavy atom. The van der Waals surface area contributed by atoms with Gasteiger partial charge in [-0.15, -0.1) is 0 Å². The van der Waals surface area contributed by atoms with Crippen LogP contribution < -0.4 is 5.73 Å². The summed E-state index contributed by atoms with van der Waals surface area (Å²) in [5, 5.41) is 0.703. The zero-order valence-corrected chi connectivity index (χ0v) is 11.1. The van der Waals surface area contributed by atoms with Gasteiger partial charge < -0.3 is 10.2 Å². The average Bonchev–Trinajstić information content (AvgIpc) is 2.81. The van der Waals surface area contributed by atoms with Gasteiger partial charge in [0, 0.05) is 17.9 Å². The van der Waals surface area contributed by atoms with E-state index in [1.165, 1.54) is 12.1 Å². The van der Waals surface area contributed by atoms with Crippen LogP contribution in [-0.4, -0.2) is 9.97 Å². The molecule has 0 aliphatic rings. The fraction of sp³-hybridized carbons (Fsp3) is 0.200. The number of nitrogen functional groups attached to an aromatic ring is 1. The third-order valence-electron chi connectivity index (χ3n) is 3.00. The number of hydrogen-bond donors (Lipinski definition) is 1. The summed E-state index contributed by atoms with van der Waals surface area (Å²) in [5.41, 5.74) is 7.04. The van der Waals surface area contributed by atoms with Crippen LogP contribution in [0, 0.1) is 5.82 Å². The molecule has 0 fully saturated rings. The van der Waals surface area contributed by atoms with Gasteiger partial charge in [0.05, 0.1) is 0 Å². The molecule has 1 aromatic carbocycles. The SMILES string of the molecule is CCCc1nc(N)cc(-c2cc3cc(F)ccc3o2)n1. The zero-order chi connectivity index (χ0) is 14.1. The van der Waals surface area contributed by atoms with Crippen molar-refractivity contribution in [1.29, 1.82) is 0 Å². The number of benzene rings is 1. The molecule has 0 atom stereocenters. The minimum atomic E-state index is -0.293. The summed E-state index contributed by atoms with van der Waals surface area (Å²) in [7, 11) is 0. The highest BCUT2D eigenvalue weighted by molar-refractivity contribution is 5.82. The molecule has 0 spiro atoms. The van der Waals surface area contributed by atoms with Gasteiger partial charge in [-0.25, -0.2) is 14.4 Å². The molecule has 0 amide bonds. The van der Waals surface area contributed by atoms with Gasteiger partial charge in [0.2, 0.25) is 0 Å². The molecule has 0 aliphatic heterocycles. The fourth-order valence-electron chi connectivity index (χ4n) is 2.12. The molecule has 102 valence electrons. The maximum absolute atomic E-state index is 13.2. The van der Waals surface area contributed by atoms with Gasteiger partial charge in [-0.1, -0.05) is 6.92 Å². The molecule has 20 heavy (non-hydrogen) atoms. The van der Waals surface area contributed by atoms with Gasteiger partial charge >= 0.3 is 0 Å². The lowest BCUT2D eigenvalue weighted by Crippen LogP contribution is -2.00. The molecule has 0 bridgehead atoms. The Labute approximate surface area is 115 Å². The number of halogens is 1. The van der Waals surface area contributed by atoms with Gasteiger partial charge in [0.15, 0.2) is 5.76 Å². The quantitative estimate of drug-likeness (QED) is 0.791. The molecular weight excluding hydrogens is 257 g/mol. The standard InChI is InChI=1S/C15H14FN3O/c1-2-3-15-18-11(8-14(17)19-15)13-7-9-6-10(16)4-5-12(9)20-13/h4-8H,2-3H2,1H3,(H2,17,18,19). The Hall–Kier alpha value is -2.43. The van der Waals surface area contributed by atoms with E-state index in [2.05, 4.69) is 16.9 Å². The summed E-state index contributed by atoms with van der Waals surface area (Å²) in [5.74, 6) is 1.37. The first-order valence-electron chi connectivity index (χ1n) is 6.48. The van der Waals surface area contributed by atoms with E-state index >= 15 is 0 Å². The lowest BCUT2D eigenvalue weighted by atomic mass is 10.2. The van der Waals surface area contributed by atoms with Crippen LogP contribution in [0.3, 0.4) is 0 Å². The van der Waals surface area contributed by atoms with E-state index in [4.69, 9.17) is 10.2 Å². The number of nitrogens with zero attached hydrogens (tertiary/aromatic N) is 2. The minimum Gasteiger partial charge on any atom is -0.454 e. The van der Waals surface area contributed by atoms with E-state index in [9.17, 15) is 4.39 Å².